The molecule has 0 amide bonds. The van der Waals surface area contributed by atoms with Crippen LogP contribution in [0.25, 0.3) is 0 Å². The van der Waals surface area contributed by atoms with Gasteiger partial charge in [-0.25, -0.2) is 4.40 Å². The van der Waals surface area contributed by atoms with E-state index in [4.69, 9.17) is 0 Å². The Bertz CT molecular complexity index is 122. The highest BCUT2D eigenvalue weighted by Crippen LogP contribution is 2.35. The molecule has 5 heteroatoms. The van der Waals surface area contributed by atoms with Crippen LogP contribution in [0, 0.1) is 6.42 Å². The fourth-order valence-corrected chi connectivity index (χ4v) is 0.859. The first-order chi connectivity index (χ1) is 4.11. The molecule has 0 N–H and O–H groups in total. The summed E-state index contributed by atoms with van der Waals surface area (Å²) in [4.78, 5) is 0. The van der Waals surface area contributed by atoms with Crippen LogP contribution in [0.15, 0.2) is 4.40 Å². The van der Waals surface area contributed by atoms with Gasteiger partial charge in [0, 0.05) is 6.21 Å². The maximum absolute atomic E-state index is 11.6. The minimum atomic E-state index is -4.19. The summed E-state index contributed by atoms with van der Waals surface area (Å²) in [5.74, 6) is 0. The third-order valence-electron chi connectivity index (χ3n) is 0.742. The van der Waals surface area contributed by atoms with Gasteiger partial charge >= 0.3 is 6.18 Å². The molecule has 0 saturated carbocycles. The van der Waals surface area contributed by atoms with Crippen molar-refractivity contribution in [3.8, 4) is 0 Å². The van der Waals surface area contributed by atoms with Crippen molar-refractivity contribution in [3.05, 3.63) is 6.42 Å². The summed E-state index contributed by atoms with van der Waals surface area (Å²) >= 11 is 0.483. The van der Waals surface area contributed by atoms with Crippen molar-refractivity contribution in [2.24, 2.45) is 4.40 Å². The Hall–Kier alpha value is -0.190. The van der Waals surface area contributed by atoms with Crippen molar-refractivity contribution in [3.63, 3.8) is 0 Å². The average molecular weight is 153 g/mol. The number of rotatable bonds is 0. The second-order valence-corrected chi connectivity index (χ2v) is 2.32. The molecule has 9 heavy (non-hydrogen) atoms. The SMILES string of the molecule is FC(F)(F)C1[C]C=NS1. The first-order valence-electron chi connectivity index (χ1n) is 2.11. The summed E-state index contributed by atoms with van der Waals surface area (Å²) < 4.78 is 38.1. The lowest BCUT2D eigenvalue weighted by molar-refractivity contribution is -0.121. The lowest BCUT2D eigenvalue weighted by Gasteiger charge is -2.09. The molecular weight excluding hydrogens is 151 g/mol. The molecule has 2 radical (unpaired) electrons. The summed E-state index contributed by atoms with van der Waals surface area (Å²) in [6.07, 6.45) is -1.11. The molecule has 0 aromatic rings. The lowest BCUT2D eigenvalue weighted by atomic mass is 10.3. The minimum Gasteiger partial charge on any atom is -0.228 e. The maximum atomic E-state index is 11.6. The molecule has 1 nitrogen and oxygen atoms in total. The highest BCUT2D eigenvalue weighted by atomic mass is 32.2. The van der Waals surface area contributed by atoms with E-state index in [1.165, 1.54) is 0 Å². The van der Waals surface area contributed by atoms with Crippen LogP contribution in [0.3, 0.4) is 0 Å². The Morgan fingerprint density at radius 2 is 2.22 bits per heavy atom. The summed E-state index contributed by atoms with van der Waals surface area (Å²) in [6.45, 7) is 0. The zero-order chi connectivity index (χ0) is 6.91. The molecule has 1 heterocycles. The quantitative estimate of drug-likeness (QED) is 0.483. The molecule has 0 saturated heterocycles. The second-order valence-electron chi connectivity index (χ2n) is 1.43. The van der Waals surface area contributed by atoms with Crippen LogP contribution in [0.5, 0.6) is 0 Å². The highest BCUT2D eigenvalue weighted by Gasteiger charge is 2.41. The molecule has 1 rings (SSSR count). The smallest absolute Gasteiger partial charge is 0.228 e. The number of hydrogen-bond acceptors (Lipinski definition) is 2. The Balaban J connectivity index is 2.46. The maximum Gasteiger partial charge on any atom is 0.403 e. The van der Waals surface area contributed by atoms with E-state index in [9.17, 15) is 13.2 Å². The molecule has 0 aliphatic carbocycles. The van der Waals surface area contributed by atoms with E-state index in [2.05, 4.69) is 4.40 Å². The van der Waals surface area contributed by atoms with Crippen molar-refractivity contribution in [2.75, 3.05) is 0 Å². The van der Waals surface area contributed by atoms with Crippen LogP contribution in [0.4, 0.5) is 13.2 Å². The fourth-order valence-electron chi connectivity index (χ4n) is 0.374. The third-order valence-corrected chi connectivity index (χ3v) is 1.58. The Morgan fingerprint density at radius 1 is 1.56 bits per heavy atom. The molecule has 50 valence electrons. The molecule has 1 atom stereocenters. The van der Waals surface area contributed by atoms with Crippen molar-refractivity contribution < 1.29 is 13.2 Å². The van der Waals surface area contributed by atoms with Crippen LogP contribution in [0.1, 0.15) is 0 Å². The van der Waals surface area contributed by atoms with Crippen molar-refractivity contribution >= 4 is 18.2 Å². The molecule has 0 aromatic heterocycles. The van der Waals surface area contributed by atoms with E-state index < -0.39 is 11.4 Å². The Labute approximate surface area is 54.5 Å². The zero-order valence-electron chi connectivity index (χ0n) is 4.14. The first-order valence-corrected chi connectivity index (χ1v) is 2.95. The molecule has 1 aliphatic heterocycles. The predicted octanol–water partition coefficient (Wildman–Crippen LogP) is 1.73. The van der Waals surface area contributed by atoms with Crippen LogP contribution in [0.2, 0.25) is 0 Å². The molecule has 0 bridgehead atoms. The Kier molecular flexibility index (Phi) is 1.70. The van der Waals surface area contributed by atoms with E-state index in [-0.39, 0.29) is 0 Å². The molecule has 0 spiro atoms. The number of nitrogens with zero attached hydrogens (tertiary/aromatic N) is 1. The van der Waals surface area contributed by atoms with Gasteiger partial charge in [-0.1, -0.05) is 0 Å². The van der Waals surface area contributed by atoms with Crippen molar-refractivity contribution in [2.45, 2.75) is 11.4 Å². The third kappa shape index (κ3) is 1.61. The van der Waals surface area contributed by atoms with E-state index in [1.54, 1.807) is 0 Å². The normalized spacial score (nSPS) is 27.2. The monoisotopic (exact) mass is 153 g/mol. The van der Waals surface area contributed by atoms with Crippen LogP contribution in [-0.2, 0) is 0 Å². The Morgan fingerprint density at radius 3 is 2.44 bits per heavy atom. The number of hydrogen-bond donors (Lipinski definition) is 0. The standard InChI is InChI=1S/C4H2F3NS/c5-4(6,7)3-1-2-8-9-3/h2-3H. The highest BCUT2D eigenvalue weighted by molar-refractivity contribution is 7.99. The van der Waals surface area contributed by atoms with Gasteiger partial charge in [0.05, 0.1) is 6.42 Å². The van der Waals surface area contributed by atoms with Crippen molar-refractivity contribution in [1.82, 2.24) is 0 Å². The van der Waals surface area contributed by atoms with Crippen LogP contribution in [-0.4, -0.2) is 17.6 Å². The molecular formula is C4H2F3NS. The topological polar surface area (TPSA) is 12.4 Å². The summed E-state index contributed by atoms with van der Waals surface area (Å²) in [5.41, 5.74) is 0. The van der Waals surface area contributed by atoms with Gasteiger partial charge < -0.3 is 0 Å². The fraction of sp³-hybridized carbons (Fsp3) is 0.500. The molecule has 1 aliphatic rings. The average Bonchev–Trinajstić information content (AvgIpc) is 2.08. The summed E-state index contributed by atoms with van der Waals surface area (Å²) in [5, 5.41) is -1.54. The van der Waals surface area contributed by atoms with Gasteiger partial charge in [-0.15, -0.1) is 0 Å². The van der Waals surface area contributed by atoms with Crippen LogP contribution >= 0.6 is 11.9 Å². The van der Waals surface area contributed by atoms with E-state index >= 15 is 0 Å². The zero-order valence-corrected chi connectivity index (χ0v) is 4.96. The molecule has 0 fully saturated rings. The largest absolute Gasteiger partial charge is 0.403 e. The molecule has 0 aromatic carbocycles. The van der Waals surface area contributed by atoms with Gasteiger partial charge in [-0.3, -0.25) is 0 Å². The van der Waals surface area contributed by atoms with Gasteiger partial charge in [-0.2, -0.15) is 13.2 Å². The number of halogens is 3. The van der Waals surface area contributed by atoms with E-state index in [1.807, 2.05) is 6.42 Å². The second kappa shape index (κ2) is 2.21. The summed E-state index contributed by atoms with van der Waals surface area (Å²) in [7, 11) is 0. The molecule has 1 unspecified atom stereocenters. The van der Waals surface area contributed by atoms with E-state index in [0.717, 1.165) is 6.21 Å². The predicted molar refractivity (Wildman–Crippen MR) is 29.2 cm³/mol. The van der Waals surface area contributed by atoms with Gasteiger partial charge in [0.15, 0.2) is 0 Å². The van der Waals surface area contributed by atoms with Crippen molar-refractivity contribution in [1.29, 1.82) is 0 Å². The summed E-state index contributed by atoms with van der Waals surface area (Å²) in [6, 6.07) is 0. The van der Waals surface area contributed by atoms with Crippen LogP contribution < -0.4 is 0 Å². The first kappa shape index (κ1) is 6.92. The van der Waals surface area contributed by atoms with Gasteiger partial charge in [-0.05, 0) is 11.9 Å². The lowest BCUT2D eigenvalue weighted by Crippen LogP contribution is -2.23. The van der Waals surface area contributed by atoms with Gasteiger partial charge in [0.2, 0.25) is 0 Å². The van der Waals surface area contributed by atoms with Gasteiger partial charge in [0.25, 0.3) is 0 Å². The van der Waals surface area contributed by atoms with E-state index in [0.29, 0.717) is 11.9 Å². The van der Waals surface area contributed by atoms with Gasteiger partial charge in [0.1, 0.15) is 5.25 Å². The minimum absolute atomic E-state index is 0.483. The number of alkyl halides is 3.